The molecule has 6 aromatic carbocycles. The monoisotopic (exact) mass is 635 g/mol. The van der Waals surface area contributed by atoms with E-state index in [1.165, 1.54) is 97.5 Å². The summed E-state index contributed by atoms with van der Waals surface area (Å²) in [6, 6.07) is 42.9. The maximum absolute atomic E-state index is 2.70. The summed E-state index contributed by atoms with van der Waals surface area (Å²) in [6.07, 6.45) is 0. The van der Waals surface area contributed by atoms with E-state index < -0.39 is 5.41 Å². The van der Waals surface area contributed by atoms with Gasteiger partial charge in [-0.2, -0.15) is 0 Å². The summed E-state index contributed by atoms with van der Waals surface area (Å²) >= 11 is 3.95. The van der Waals surface area contributed by atoms with Crippen LogP contribution < -0.4 is 21.3 Å². The normalized spacial score (nSPS) is 18.9. The maximum atomic E-state index is 2.70. The van der Waals surface area contributed by atoms with Crippen molar-refractivity contribution in [3.8, 4) is 0 Å². The molecule has 1 nitrogen and oxygen atoms in total. The highest BCUT2D eigenvalue weighted by Crippen LogP contribution is 2.68. The number of rotatable bonds is 0. The fraction of sp³-hybridized carbons (Fsp3) is 0.163. The van der Waals surface area contributed by atoms with Crippen LogP contribution in [0.3, 0.4) is 0 Å². The van der Waals surface area contributed by atoms with Crippen LogP contribution in [-0.4, -0.2) is 6.71 Å². The summed E-state index contributed by atoms with van der Waals surface area (Å²) in [5.41, 5.74) is 19.5. The van der Waals surface area contributed by atoms with Crippen LogP contribution >= 0.6 is 23.5 Å². The molecule has 6 aliphatic heterocycles. The van der Waals surface area contributed by atoms with Crippen molar-refractivity contribution in [2.75, 3.05) is 4.90 Å². The Balaban J connectivity index is 1.32. The molecule has 4 heteroatoms. The fourth-order valence-electron chi connectivity index (χ4n) is 10.6. The van der Waals surface area contributed by atoms with Crippen LogP contribution in [0, 0.1) is 0 Å². The van der Waals surface area contributed by atoms with Crippen molar-refractivity contribution in [2.24, 2.45) is 0 Å². The van der Waals surface area contributed by atoms with E-state index in [2.05, 4.69) is 142 Å². The van der Waals surface area contributed by atoms with Gasteiger partial charge in [0.25, 0.3) is 0 Å². The van der Waals surface area contributed by atoms with E-state index in [9.17, 15) is 0 Å². The van der Waals surface area contributed by atoms with Gasteiger partial charge in [0.2, 0.25) is 6.71 Å². The number of hydrogen-bond donors (Lipinski definition) is 0. The van der Waals surface area contributed by atoms with Crippen LogP contribution in [0.15, 0.2) is 129 Å². The first-order chi connectivity index (χ1) is 22.8. The average Bonchev–Trinajstić information content (AvgIpc) is 3.08. The van der Waals surface area contributed by atoms with Crippen molar-refractivity contribution in [3.63, 3.8) is 0 Å². The molecular formula is C43H30BNS2. The standard InChI is InChI=1S/C43H30BNS2/c1-41(2)25-13-5-14-26-38(25)45-39-27(41)15-6-17-29(39)43(30-18-7-16-28(40(30)45)42(26,3)4)23-11-8-19-31-35(23)44-36-24(43)12-9-20-32(36)47-34-22-10-21-33(46-31)37(34)44/h5-22H,1-4H3. The van der Waals surface area contributed by atoms with Crippen molar-refractivity contribution < 1.29 is 0 Å². The largest absolute Gasteiger partial charge is 0.309 e. The van der Waals surface area contributed by atoms with Gasteiger partial charge in [-0.1, -0.05) is 147 Å². The highest BCUT2D eigenvalue weighted by molar-refractivity contribution is 8.01. The topological polar surface area (TPSA) is 3.24 Å². The minimum atomic E-state index is -0.443. The number of benzene rings is 6. The van der Waals surface area contributed by atoms with Gasteiger partial charge in [-0.05, 0) is 74.2 Å². The zero-order valence-electron chi connectivity index (χ0n) is 26.7. The van der Waals surface area contributed by atoms with Gasteiger partial charge in [-0.25, -0.2) is 0 Å². The van der Waals surface area contributed by atoms with E-state index in [0.29, 0.717) is 0 Å². The van der Waals surface area contributed by atoms with Crippen LogP contribution in [0.1, 0.15) is 72.2 Å². The first-order valence-corrected chi connectivity index (χ1v) is 18.5. The van der Waals surface area contributed by atoms with E-state index in [4.69, 9.17) is 0 Å². The van der Waals surface area contributed by atoms with Crippen LogP contribution in [-0.2, 0) is 16.2 Å². The molecule has 0 aromatic heterocycles. The number of hydrogen-bond acceptors (Lipinski definition) is 3. The Morgan fingerprint density at radius 3 is 1.17 bits per heavy atom. The maximum Gasteiger partial charge on any atom is 0.247 e. The first kappa shape index (κ1) is 25.9. The predicted octanol–water partition coefficient (Wildman–Crippen LogP) is 8.89. The molecule has 0 bridgehead atoms. The summed E-state index contributed by atoms with van der Waals surface area (Å²) in [5.74, 6) is 0. The van der Waals surface area contributed by atoms with E-state index in [-0.39, 0.29) is 17.5 Å². The van der Waals surface area contributed by atoms with Gasteiger partial charge in [-0.15, -0.1) is 0 Å². The van der Waals surface area contributed by atoms with E-state index in [0.717, 1.165) is 0 Å². The van der Waals surface area contributed by atoms with Crippen LogP contribution in [0.5, 0.6) is 0 Å². The molecule has 0 saturated heterocycles. The Morgan fingerprint density at radius 2 is 0.723 bits per heavy atom. The van der Waals surface area contributed by atoms with Gasteiger partial charge < -0.3 is 4.90 Å². The van der Waals surface area contributed by atoms with Crippen molar-refractivity contribution in [1.29, 1.82) is 0 Å². The molecule has 0 saturated carbocycles. The van der Waals surface area contributed by atoms with E-state index >= 15 is 0 Å². The molecule has 6 heterocycles. The lowest BCUT2D eigenvalue weighted by atomic mass is 9.30. The van der Waals surface area contributed by atoms with Crippen LogP contribution in [0.2, 0.25) is 0 Å². The Kier molecular flexibility index (Phi) is 4.38. The van der Waals surface area contributed by atoms with E-state index in [1.807, 2.05) is 23.5 Å². The number of anilines is 3. The van der Waals surface area contributed by atoms with Gasteiger partial charge in [0.05, 0.1) is 22.5 Å². The van der Waals surface area contributed by atoms with Gasteiger partial charge in [0.15, 0.2) is 0 Å². The summed E-state index contributed by atoms with van der Waals surface area (Å²) in [6.45, 7) is 10.0. The second-order valence-corrected chi connectivity index (χ2v) is 17.3. The zero-order valence-corrected chi connectivity index (χ0v) is 28.4. The molecule has 12 rings (SSSR count). The molecule has 0 atom stereocenters. The molecule has 0 aliphatic carbocycles. The average molecular weight is 636 g/mol. The molecule has 6 aromatic rings. The van der Waals surface area contributed by atoms with Crippen LogP contribution in [0.25, 0.3) is 0 Å². The number of para-hydroxylation sites is 3. The van der Waals surface area contributed by atoms with Crippen molar-refractivity contribution >= 4 is 63.7 Å². The van der Waals surface area contributed by atoms with Gasteiger partial charge in [-0.3, -0.25) is 0 Å². The molecule has 0 N–H and O–H groups in total. The Bertz CT molecular complexity index is 2340. The second kappa shape index (κ2) is 7.94. The molecule has 0 amide bonds. The van der Waals surface area contributed by atoms with Gasteiger partial charge in [0.1, 0.15) is 0 Å². The van der Waals surface area contributed by atoms with Crippen molar-refractivity contribution in [1.82, 2.24) is 0 Å². The summed E-state index contributed by atoms with van der Waals surface area (Å²) in [5, 5.41) is 0. The summed E-state index contributed by atoms with van der Waals surface area (Å²) < 4.78 is 0. The minimum Gasteiger partial charge on any atom is -0.309 e. The van der Waals surface area contributed by atoms with Crippen LogP contribution in [0.4, 0.5) is 17.1 Å². The number of fused-ring (bicyclic) bond motifs is 4. The van der Waals surface area contributed by atoms with E-state index in [1.54, 1.807) is 0 Å². The Hall–Kier alpha value is -4.12. The third-order valence-corrected chi connectivity index (χ3v) is 14.9. The lowest BCUT2D eigenvalue weighted by Crippen LogP contribution is -2.66. The zero-order chi connectivity index (χ0) is 31.2. The third-order valence-electron chi connectivity index (χ3n) is 12.6. The fourth-order valence-corrected chi connectivity index (χ4v) is 13.1. The quantitative estimate of drug-likeness (QED) is 0.153. The molecule has 1 spiro atoms. The predicted molar refractivity (Wildman–Crippen MR) is 197 cm³/mol. The highest BCUT2D eigenvalue weighted by Gasteiger charge is 2.59. The molecule has 0 fully saturated rings. The van der Waals surface area contributed by atoms with Gasteiger partial charge >= 0.3 is 0 Å². The summed E-state index contributed by atoms with van der Waals surface area (Å²) in [7, 11) is 0. The lowest BCUT2D eigenvalue weighted by molar-refractivity contribution is 0.583. The Morgan fingerprint density at radius 1 is 0.404 bits per heavy atom. The second-order valence-electron chi connectivity index (χ2n) is 15.2. The molecule has 0 radical (unpaired) electrons. The SMILES string of the molecule is CC1(C)c2cccc3c2N2c4c1cccc4C1(c4cccc5c4B4c6c(cccc6Sc6cccc1c64)S5)c1cccc(c12)C3(C)C. The first-order valence-electron chi connectivity index (χ1n) is 16.8. The Labute approximate surface area is 284 Å². The molecule has 222 valence electrons. The highest BCUT2D eigenvalue weighted by atomic mass is 32.2. The molecule has 0 unspecified atom stereocenters. The molecule has 6 aliphatic rings. The van der Waals surface area contributed by atoms with Crippen molar-refractivity contribution in [2.45, 2.75) is 63.5 Å². The molecule has 47 heavy (non-hydrogen) atoms. The lowest BCUT2D eigenvalue weighted by Gasteiger charge is -2.58. The minimum absolute atomic E-state index is 0.142. The summed E-state index contributed by atoms with van der Waals surface area (Å²) in [4.78, 5) is 8.36. The third kappa shape index (κ3) is 2.61. The smallest absolute Gasteiger partial charge is 0.247 e. The van der Waals surface area contributed by atoms with Crippen molar-refractivity contribution in [3.05, 3.63) is 154 Å². The van der Waals surface area contributed by atoms with Gasteiger partial charge in [0, 0.05) is 30.4 Å². The molecular weight excluding hydrogens is 605 g/mol. The number of nitrogens with zero attached hydrogens (tertiary/aromatic N) is 1.